The molecule has 2 fully saturated rings. The molecule has 0 aromatic rings. The number of amides is 1. The third kappa shape index (κ3) is 0.969. The molecule has 2 atom stereocenters. The van der Waals surface area contributed by atoms with Gasteiger partial charge in [-0.15, -0.1) is 0 Å². The summed E-state index contributed by atoms with van der Waals surface area (Å²) in [5, 5.41) is 0. The summed E-state index contributed by atoms with van der Waals surface area (Å²) in [5.41, 5.74) is 0.0355. The number of rotatable bonds is 0. The molecule has 0 aromatic heterocycles. The highest BCUT2D eigenvalue weighted by Gasteiger charge is 2.60. The van der Waals surface area contributed by atoms with Gasteiger partial charge < -0.3 is 0 Å². The van der Waals surface area contributed by atoms with Crippen LogP contribution in [0.2, 0.25) is 0 Å². The Kier molecular flexibility index (Phi) is 1.83. The third-order valence-corrected chi connectivity index (χ3v) is 5.12. The number of halogens is 1. The van der Waals surface area contributed by atoms with E-state index in [2.05, 4.69) is 36.9 Å². The summed E-state index contributed by atoms with van der Waals surface area (Å²) in [4.78, 5) is 12.0. The van der Waals surface area contributed by atoms with E-state index >= 15 is 0 Å². The second-order valence-electron chi connectivity index (χ2n) is 5.14. The predicted molar refractivity (Wildman–Crippen MR) is 55.3 cm³/mol. The number of carbonyl (C=O) groups excluding carboxylic acids is 1. The molecule has 13 heavy (non-hydrogen) atoms. The van der Waals surface area contributed by atoms with Crippen LogP contribution in [0.1, 0.15) is 33.6 Å². The zero-order chi connectivity index (χ0) is 9.85. The number of hydrogen-bond acceptors (Lipinski definition) is 1. The molecule has 2 unspecified atom stereocenters. The van der Waals surface area contributed by atoms with Crippen LogP contribution in [0.5, 0.6) is 0 Å². The highest BCUT2D eigenvalue weighted by Crippen LogP contribution is 2.59. The van der Waals surface area contributed by atoms with E-state index in [4.69, 9.17) is 0 Å². The van der Waals surface area contributed by atoms with Crippen LogP contribution in [0.25, 0.3) is 0 Å². The van der Waals surface area contributed by atoms with Crippen molar-refractivity contribution in [1.82, 2.24) is 3.93 Å². The van der Waals surface area contributed by atoms with Crippen molar-refractivity contribution in [2.24, 2.45) is 16.7 Å². The highest BCUT2D eigenvalue weighted by molar-refractivity contribution is 9.07. The van der Waals surface area contributed by atoms with Gasteiger partial charge in [0.05, 0.1) is 21.6 Å². The van der Waals surface area contributed by atoms with E-state index in [0.717, 1.165) is 13.0 Å². The second-order valence-corrected chi connectivity index (χ2v) is 6.00. The molecule has 0 radical (unpaired) electrons. The average molecular weight is 246 g/mol. The first-order valence-corrected chi connectivity index (χ1v) is 5.58. The van der Waals surface area contributed by atoms with Gasteiger partial charge >= 0.3 is 0 Å². The van der Waals surface area contributed by atoms with Gasteiger partial charge in [-0.05, 0) is 24.2 Å². The van der Waals surface area contributed by atoms with Crippen molar-refractivity contribution in [2.45, 2.75) is 33.6 Å². The maximum Gasteiger partial charge on any atom is 0.238 e. The van der Waals surface area contributed by atoms with Gasteiger partial charge in [0.1, 0.15) is 0 Å². The largest absolute Gasteiger partial charge is 0.278 e. The molecule has 1 heterocycles. The van der Waals surface area contributed by atoms with Crippen LogP contribution >= 0.6 is 16.1 Å². The van der Waals surface area contributed by atoms with E-state index < -0.39 is 0 Å². The lowest BCUT2D eigenvalue weighted by molar-refractivity contribution is -0.147. The summed E-state index contributed by atoms with van der Waals surface area (Å²) >= 11 is 3.35. The molecule has 1 saturated heterocycles. The topological polar surface area (TPSA) is 20.3 Å². The molecule has 1 aliphatic heterocycles. The van der Waals surface area contributed by atoms with Gasteiger partial charge in [-0.25, -0.2) is 0 Å². The second kappa shape index (κ2) is 2.50. The Hall–Kier alpha value is -0.0500. The molecule has 1 saturated carbocycles. The van der Waals surface area contributed by atoms with Crippen LogP contribution < -0.4 is 0 Å². The Bertz CT molecular complexity index is 264. The summed E-state index contributed by atoms with van der Waals surface area (Å²) in [6.07, 6.45) is 2.24. The van der Waals surface area contributed by atoms with Crippen LogP contribution in [0.4, 0.5) is 0 Å². The van der Waals surface area contributed by atoms with Gasteiger partial charge in [-0.1, -0.05) is 20.8 Å². The molecule has 2 rings (SSSR count). The monoisotopic (exact) mass is 245 g/mol. The Labute approximate surface area is 88.0 Å². The minimum atomic E-state index is -0.139. The van der Waals surface area contributed by atoms with Crippen LogP contribution in [-0.2, 0) is 4.79 Å². The van der Waals surface area contributed by atoms with E-state index in [1.54, 1.807) is 3.93 Å². The third-order valence-electron chi connectivity index (χ3n) is 4.51. The quantitative estimate of drug-likeness (QED) is 0.601. The number of carbonyl (C=O) groups is 1. The van der Waals surface area contributed by atoms with Crippen molar-refractivity contribution < 1.29 is 4.79 Å². The Balaban J connectivity index is 2.44. The Morgan fingerprint density at radius 1 is 1.46 bits per heavy atom. The van der Waals surface area contributed by atoms with Crippen LogP contribution in [0.15, 0.2) is 0 Å². The van der Waals surface area contributed by atoms with Gasteiger partial charge in [-0.2, -0.15) is 0 Å². The van der Waals surface area contributed by atoms with Crippen molar-refractivity contribution >= 4 is 22.1 Å². The molecular weight excluding hydrogens is 230 g/mol. The molecule has 2 nitrogen and oxygen atoms in total. The predicted octanol–water partition coefficient (Wildman–Crippen LogP) is 2.58. The van der Waals surface area contributed by atoms with Crippen molar-refractivity contribution in [3.8, 4) is 0 Å². The van der Waals surface area contributed by atoms with Gasteiger partial charge in [0, 0.05) is 6.54 Å². The van der Waals surface area contributed by atoms with Gasteiger partial charge in [0.2, 0.25) is 5.91 Å². The van der Waals surface area contributed by atoms with Gasteiger partial charge in [-0.3, -0.25) is 8.72 Å². The molecule has 1 aliphatic carbocycles. The van der Waals surface area contributed by atoms with Crippen LogP contribution in [0, 0.1) is 16.7 Å². The molecule has 3 heteroatoms. The lowest BCUT2D eigenvalue weighted by atomic mass is 9.63. The fourth-order valence-corrected chi connectivity index (χ4v) is 3.58. The average Bonchev–Trinajstić information content (AvgIpc) is 2.18. The van der Waals surface area contributed by atoms with E-state index in [9.17, 15) is 4.79 Å². The van der Waals surface area contributed by atoms with Crippen molar-refractivity contribution in [3.63, 3.8) is 0 Å². The molecular formula is C10H16BrNO. The smallest absolute Gasteiger partial charge is 0.238 e. The van der Waals surface area contributed by atoms with Crippen molar-refractivity contribution in [3.05, 3.63) is 0 Å². The van der Waals surface area contributed by atoms with Crippen molar-refractivity contribution in [1.29, 1.82) is 0 Å². The number of fused-ring (bicyclic) bond motifs is 2. The molecule has 0 spiro atoms. The summed E-state index contributed by atoms with van der Waals surface area (Å²) in [6.45, 7) is 7.47. The first-order valence-electron chi connectivity index (χ1n) is 4.87. The minimum Gasteiger partial charge on any atom is -0.278 e. The number of nitrogens with zero attached hydrogens (tertiary/aromatic N) is 1. The first-order chi connectivity index (χ1) is 5.89. The summed E-state index contributed by atoms with van der Waals surface area (Å²) in [6, 6.07) is 0. The number of piperidine rings is 1. The summed E-state index contributed by atoms with van der Waals surface area (Å²) < 4.78 is 1.73. The molecule has 0 aromatic carbocycles. The van der Waals surface area contributed by atoms with Crippen LogP contribution in [-0.4, -0.2) is 16.4 Å². The molecule has 2 aliphatic rings. The van der Waals surface area contributed by atoms with E-state index in [1.807, 2.05) is 0 Å². The lowest BCUT2D eigenvalue weighted by Crippen LogP contribution is -2.52. The molecule has 2 bridgehead atoms. The SMILES string of the molecule is CC12CCC(CN(Br)C1=O)C2(C)C. The van der Waals surface area contributed by atoms with Gasteiger partial charge in [0.15, 0.2) is 0 Å². The number of hydrogen-bond donors (Lipinski definition) is 0. The summed E-state index contributed by atoms with van der Waals surface area (Å²) in [5.74, 6) is 0.931. The van der Waals surface area contributed by atoms with E-state index in [-0.39, 0.29) is 16.7 Å². The van der Waals surface area contributed by atoms with Crippen LogP contribution in [0.3, 0.4) is 0 Å². The maximum absolute atomic E-state index is 12.0. The Morgan fingerprint density at radius 3 is 2.69 bits per heavy atom. The molecule has 0 N–H and O–H groups in total. The highest BCUT2D eigenvalue weighted by atomic mass is 79.9. The fraction of sp³-hybridized carbons (Fsp3) is 0.900. The molecule has 1 amide bonds. The summed E-state index contributed by atoms with van der Waals surface area (Å²) in [7, 11) is 0. The van der Waals surface area contributed by atoms with Gasteiger partial charge in [0.25, 0.3) is 0 Å². The zero-order valence-corrected chi connectivity index (χ0v) is 10.0. The lowest BCUT2D eigenvalue weighted by Gasteiger charge is -2.47. The minimum absolute atomic E-state index is 0.139. The standard InChI is InChI=1S/C10H16BrNO/c1-9(2)7-4-5-10(9,3)8(13)12(11)6-7/h7H,4-6H2,1-3H3. The van der Waals surface area contributed by atoms with E-state index in [1.165, 1.54) is 6.42 Å². The molecule has 74 valence electrons. The zero-order valence-electron chi connectivity index (χ0n) is 8.43. The Morgan fingerprint density at radius 2 is 2.08 bits per heavy atom. The fourth-order valence-electron chi connectivity index (χ4n) is 2.84. The first kappa shape index (κ1) is 9.50. The van der Waals surface area contributed by atoms with E-state index in [0.29, 0.717) is 5.92 Å². The maximum atomic E-state index is 12.0. The van der Waals surface area contributed by atoms with Crippen molar-refractivity contribution in [2.75, 3.05) is 6.54 Å². The normalized spacial score (nSPS) is 42.6.